The number of nitrogens with two attached hydrogens (primary N) is 1. The predicted molar refractivity (Wildman–Crippen MR) is 94.5 cm³/mol. The Labute approximate surface area is 139 Å². The molecule has 4 heteroatoms. The van der Waals surface area contributed by atoms with Gasteiger partial charge >= 0.3 is 0 Å². The van der Waals surface area contributed by atoms with Gasteiger partial charge in [0.25, 0.3) is 0 Å². The molecular formula is C17H20IN3. The number of nitrogens with zero attached hydrogens (tertiary/aromatic N) is 2. The number of aryl methyl sites for hydroxylation is 1. The summed E-state index contributed by atoms with van der Waals surface area (Å²) in [6.07, 6.45) is 3.23. The third-order valence-electron chi connectivity index (χ3n) is 4.18. The van der Waals surface area contributed by atoms with Crippen LogP contribution < -0.4 is 5.73 Å². The van der Waals surface area contributed by atoms with Gasteiger partial charge in [0.1, 0.15) is 11.6 Å². The van der Waals surface area contributed by atoms with E-state index in [0.29, 0.717) is 17.7 Å². The number of hydrogen-bond donors (Lipinski definition) is 1. The number of rotatable bonds is 2. The molecule has 110 valence electrons. The maximum absolute atomic E-state index is 6.10. The summed E-state index contributed by atoms with van der Waals surface area (Å²) in [5.41, 5.74) is 10.1. The van der Waals surface area contributed by atoms with E-state index in [4.69, 9.17) is 10.7 Å². The lowest BCUT2D eigenvalue weighted by Crippen LogP contribution is -2.18. The van der Waals surface area contributed by atoms with Crippen molar-refractivity contribution in [3.05, 3.63) is 50.5 Å². The van der Waals surface area contributed by atoms with Crippen LogP contribution in [0.2, 0.25) is 0 Å². The molecule has 21 heavy (non-hydrogen) atoms. The van der Waals surface area contributed by atoms with Gasteiger partial charge in [-0.2, -0.15) is 0 Å². The lowest BCUT2D eigenvalue weighted by molar-refractivity contribution is 0.550. The van der Waals surface area contributed by atoms with Crippen molar-refractivity contribution in [2.75, 3.05) is 5.73 Å². The highest BCUT2D eigenvalue weighted by molar-refractivity contribution is 14.1. The first kappa shape index (κ1) is 14.8. The van der Waals surface area contributed by atoms with Crippen molar-refractivity contribution in [2.45, 2.75) is 44.9 Å². The molecule has 2 N–H and O–H groups in total. The van der Waals surface area contributed by atoms with Crippen LogP contribution in [0.25, 0.3) is 0 Å². The van der Waals surface area contributed by atoms with E-state index < -0.39 is 0 Å². The second kappa shape index (κ2) is 5.91. The van der Waals surface area contributed by atoms with Crippen LogP contribution in [-0.4, -0.2) is 9.97 Å². The zero-order valence-corrected chi connectivity index (χ0v) is 14.6. The van der Waals surface area contributed by atoms with E-state index in [-0.39, 0.29) is 0 Å². The van der Waals surface area contributed by atoms with Gasteiger partial charge in [0.15, 0.2) is 0 Å². The van der Waals surface area contributed by atoms with Crippen LogP contribution in [0, 0.1) is 3.57 Å². The highest BCUT2D eigenvalue weighted by Gasteiger charge is 2.24. The first-order valence-electron chi connectivity index (χ1n) is 7.46. The Kier molecular flexibility index (Phi) is 4.15. The quantitative estimate of drug-likeness (QED) is 0.783. The molecule has 3 nitrogen and oxygen atoms in total. The molecule has 2 aromatic rings. The van der Waals surface area contributed by atoms with Gasteiger partial charge in [-0.05, 0) is 58.9 Å². The fourth-order valence-corrected chi connectivity index (χ4v) is 3.85. The molecule has 0 amide bonds. The smallest absolute Gasteiger partial charge is 0.140 e. The minimum absolute atomic E-state index is 0.372. The second-order valence-electron chi connectivity index (χ2n) is 6.03. The average Bonchev–Trinajstić information content (AvgIpc) is 2.49. The highest BCUT2D eigenvalue weighted by Crippen LogP contribution is 2.33. The number of fused-ring (bicyclic) bond motifs is 1. The van der Waals surface area contributed by atoms with E-state index in [2.05, 4.69) is 65.7 Å². The van der Waals surface area contributed by atoms with E-state index in [0.717, 1.165) is 34.4 Å². The van der Waals surface area contributed by atoms with Crippen molar-refractivity contribution >= 4 is 28.4 Å². The van der Waals surface area contributed by atoms with Gasteiger partial charge in [-0.3, -0.25) is 0 Å². The van der Waals surface area contributed by atoms with Gasteiger partial charge in [0.05, 0.1) is 9.26 Å². The number of hydrogen-bond acceptors (Lipinski definition) is 3. The Hall–Kier alpha value is -1.17. The first-order chi connectivity index (χ1) is 10.1. The van der Waals surface area contributed by atoms with Crippen molar-refractivity contribution in [2.24, 2.45) is 0 Å². The Bertz CT molecular complexity index is 667. The van der Waals surface area contributed by atoms with Crippen LogP contribution in [0.5, 0.6) is 0 Å². The topological polar surface area (TPSA) is 51.8 Å². The summed E-state index contributed by atoms with van der Waals surface area (Å²) >= 11 is 2.26. The van der Waals surface area contributed by atoms with Crippen LogP contribution >= 0.6 is 22.6 Å². The Morgan fingerprint density at radius 1 is 1.19 bits per heavy atom. The minimum Gasteiger partial charge on any atom is -0.383 e. The van der Waals surface area contributed by atoms with Crippen LogP contribution in [0.15, 0.2) is 24.3 Å². The molecule has 0 spiro atoms. The van der Waals surface area contributed by atoms with Gasteiger partial charge in [0, 0.05) is 5.92 Å². The predicted octanol–water partition coefficient (Wildman–Crippen LogP) is 4.06. The molecule has 3 rings (SSSR count). The molecule has 1 aliphatic rings. The Balaban J connectivity index is 1.95. The summed E-state index contributed by atoms with van der Waals surface area (Å²) in [5, 5.41) is 0. The Morgan fingerprint density at radius 3 is 2.62 bits per heavy atom. The number of anilines is 1. The van der Waals surface area contributed by atoms with E-state index in [9.17, 15) is 0 Å². The van der Waals surface area contributed by atoms with Crippen molar-refractivity contribution in [3.8, 4) is 0 Å². The zero-order valence-electron chi connectivity index (χ0n) is 12.4. The van der Waals surface area contributed by atoms with Crippen LogP contribution in [-0.2, 0) is 12.8 Å². The monoisotopic (exact) mass is 393 g/mol. The summed E-state index contributed by atoms with van der Waals surface area (Å²) in [6, 6.07) is 8.69. The van der Waals surface area contributed by atoms with E-state index in [1.54, 1.807) is 0 Å². The molecule has 0 radical (unpaired) electrons. The van der Waals surface area contributed by atoms with Gasteiger partial charge in [-0.1, -0.05) is 38.1 Å². The standard InChI is InChI=1S/C17H20IN3/c1-10(2)15-14(18)16(19)21-17(20-15)13-8-7-11-5-3-4-6-12(11)9-13/h3-6,10,13H,7-9H2,1-2H3,(H2,19,20,21). The van der Waals surface area contributed by atoms with Crippen LogP contribution in [0.4, 0.5) is 5.82 Å². The Morgan fingerprint density at radius 2 is 1.90 bits per heavy atom. The molecule has 0 bridgehead atoms. The van der Waals surface area contributed by atoms with E-state index >= 15 is 0 Å². The molecule has 0 fully saturated rings. The summed E-state index contributed by atoms with van der Waals surface area (Å²) in [5.74, 6) is 2.31. The third-order valence-corrected chi connectivity index (χ3v) is 5.28. The second-order valence-corrected chi connectivity index (χ2v) is 7.11. The van der Waals surface area contributed by atoms with Crippen molar-refractivity contribution in [3.63, 3.8) is 0 Å². The normalized spacial score (nSPS) is 17.8. The minimum atomic E-state index is 0.372. The van der Waals surface area contributed by atoms with Gasteiger partial charge < -0.3 is 5.73 Å². The largest absolute Gasteiger partial charge is 0.383 e. The molecule has 1 unspecified atom stereocenters. The lowest BCUT2D eigenvalue weighted by atomic mass is 9.83. The molecule has 1 aliphatic carbocycles. The molecule has 0 saturated heterocycles. The average molecular weight is 393 g/mol. The number of aromatic nitrogens is 2. The number of benzene rings is 1. The lowest BCUT2D eigenvalue weighted by Gasteiger charge is -2.24. The molecule has 1 heterocycles. The fraction of sp³-hybridized carbons (Fsp3) is 0.412. The molecule has 1 aromatic heterocycles. The first-order valence-corrected chi connectivity index (χ1v) is 8.53. The van der Waals surface area contributed by atoms with Crippen molar-refractivity contribution in [1.82, 2.24) is 9.97 Å². The molecule has 0 saturated carbocycles. The van der Waals surface area contributed by atoms with Gasteiger partial charge in [0.2, 0.25) is 0 Å². The van der Waals surface area contributed by atoms with E-state index in [1.807, 2.05) is 0 Å². The van der Waals surface area contributed by atoms with Crippen molar-refractivity contribution < 1.29 is 0 Å². The SMILES string of the molecule is CC(C)c1nc(C2CCc3ccccc3C2)nc(N)c1I. The highest BCUT2D eigenvalue weighted by atomic mass is 127. The van der Waals surface area contributed by atoms with Gasteiger partial charge in [-0.15, -0.1) is 0 Å². The maximum atomic E-state index is 6.10. The maximum Gasteiger partial charge on any atom is 0.140 e. The number of nitrogen functional groups attached to an aromatic ring is 1. The third kappa shape index (κ3) is 2.91. The molecule has 1 atom stereocenters. The van der Waals surface area contributed by atoms with E-state index in [1.165, 1.54) is 11.1 Å². The summed E-state index contributed by atoms with van der Waals surface area (Å²) in [6.45, 7) is 4.31. The molecule has 1 aromatic carbocycles. The van der Waals surface area contributed by atoms with Crippen molar-refractivity contribution in [1.29, 1.82) is 0 Å². The summed E-state index contributed by atoms with van der Waals surface area (Å²) in [7, 11) is 0. The fourth-order valence-electron chi connectivity index (χ4n) is 2.98. The molecule has 0 aliphatic heterocycles. The summed E-state index contributed by atoms with van der Waals surface area (Å²) < 4.78 is 1.00. The van der Waals surface area contributed by atoms with Crippen LogP contribution in [0.3, 0.4) is 0 Å². The number of halogens is 1. The van der Waals surface area contributed by atoms with Crippen LogP contribution in [0.1, 0.15) is 54.7 Å². The molecular weight excluding hydrogens is 373 g/mol. The van der Waals surface area contributed by atoms with Gasteiger partial charge in [-0.25, -0.2) is 9.97 Å². The zero-order chi connectivity index (χ0) is 15.0. The summed E-state index contributed by atoms with van der Waals surface area (Å²) in [4.78, 5) is 9.40.